The van der Waals surface area contributed by atoms with Crippen molar-refractivity contribution in [2.24, 2.45) is 0 Å². The number of aryl methyl sites for hydroxylation is 1. The summed E-state index contributed by atoms with van der Waals surface area (Å²) >= 11 is 0. The Bertz CT molecular complexity index is 505. The first-order chi connectivity index (χ1) is 10.0. The van der Waals surface area contributed by atoms with Crippen LogP contribution in [0.4, 0.5) is 5.69 Å². The van der Waals surface area contributed by atoms with Crippen LogP contribution in [0.25, 0.3) is 0 Å². The molecule has 6 heteroatoms. The number of carbonyl (C=O) groups excluding carboxylic acids is 1. The molecule has 1 fully saturated rings. The molecule has 0 N–H and O–H groups in total. The van der Waals surface area contributed by atoms with Gasteiger partial charge < -0.3 is 19.3 Å². The van der Waals surface area contributed by atoms with Crippen LogP contribution in [0.5, 0.6) is 0 Å². The minimum Gasteiger partial charge on any atom is -0.378 e. The molecule has 0 aromatic carbocycles. The fraction of sp³-hybridized carbons (Fsp3) is 0.600. The number of nitrogens with zero attached hydrogens (tertiary/aromatic N) is 3. The molecule has 21 heavy (non-hydrogen) atoms. The zero-order valence-corrected chi connectivity index (χ0v) is 13.1. The molecule has 0 bridgehead atoms. The summed E-state index contributed by atoms with van der Waals surface area (Å²) in [5.74, 6) is -0.00807. The van der Waals surface area contributed by atoms with Crippen LogP contribution >= 0.6 is 0 Å². The standard InChI is InChI=1S/C15H23N3O3/c1-11-7-12(17(2)3)8-13(16-11)14-9-18(5-6-21-14)15(19)10-20-4/h7-8,14H,5-6,9-10H2,1-4H3. The number of methoxy groups -OCH3 is 1. The highest BCUT2D eigenvalue weighted by atomic mass is 16.5. The number of anilines is 1. The highest BCUT2D eigenvalue weighted by Gasteiger charge is 2.26. The topological polar surface area (TPSA) is 54.9 Å². The Kier molecular flexibility index (Phi) is 5.14. The van der Waals surface area contributed by atoms with Crippen molar-refractivity contribution in [3.05, 3.63) is 23.5 Å². The lowest BCUT2D eigenvalue weighted by Crippen LogP contribution is -2.44. The second-order valence-corrected chi connectivity index (χ2v) is 5.42. The summed E-state index contributed by atoms with van der Waals surface area (Å²) in [5.41, 5.74) is 2.90. The number of amides is 1. The van der Waals surface area contributed by atoms with Gasteiger partial charge in [-0.1, -0.05) is 0 Å². The largest absolute Gasteiger partial charge is 0.378 e. The van der Waals surface area contributed by atoms with E-state index in [0.29, 0.717) is 19.7 Å². The maximum atomic E-state index is 11.9. The van der Waals surface area contributed by atoms with Crippen molar-refractivity contribution in [1.29, 1.82) is 0 Å². The highest BCUT2D eigenvalue weighted by Crippen LogP contribution is 2.24. The Hall–Kier alpha value is -1.66. The fourth-order valence-corrected chi connectivity index (χ4v) is 2.37. The third-order valence-electron chi connectivity index (χ3n) is 3.49. The summed E-state index contributed by atoms with van der Waals surface area (Å²) in [6, 6.07) is 4.04. The van der Waals surface area contributed by atoms with Crippen molar-refractivity contribution in [2.75, 3.05) is 52.4 Å². The maximum absolute atomic E-state index is 11.9. The van der Waals surface area contributed by atoms with E-state index in [-0.39, 0.29) is 18.6 Å². The van der Waals surface area contributed by atoms with Crippen LogP contribution in [-0.2, 0) is 14.3 Å². The van der Waals surface area contributed by atoms with E-state index in [2.05, 4.69) is 4.98 Å². The Balaban J connectivity index is 2.16. The maximum Gasteiger partial charge on any atom is 0.248 e. The van der Waals surface area contributed by atoms with Crippen molar-refractivity contribution in [2.45, 2.75) is 13.0 Å². The summed E-state index contributed by atoms with van der Waals surface area (Å²) in [6.07, 6.45) is -0.182. The Morgan fingerprint density at radius 3 is 2.95 bits per heavy atom. The molecule has 6 nitrogen and oxygen atoms in total. The van der Waals surface area contributed by atoms with Crippen molar-refractivity contribution >= 4 is 11.6 Å². The molecule has 2 heterocycles. The number of hydrogen-bond donors (Lipinski definition) is 0. The van der Waals surface area contributed by atoms with Crippen molar-refractivity contribution < 1.29 is 14.3 Å². The summed E-state index contributed by atoms with van der Waals surface area (Å²) < 4.78 is 10.7. The van der Waals surface area contributed by atoms with Gasteiger partial charge in [0, 0.05) is 39.1 Å². The molecular weight excluding hydrogens is 270 g/mol. The quantitative estimate of drug-likeness (QED) is 0.829. The molecular formula is C15H23N3O3. The van der Waals surface area contributed by atoms with Crippen molar-refractivity contribution in [3.8, 4) is 0 Å². The number of aromatic nitrogens is 1. The van der Waals surface area contributed by atoms with E-state index in [1.54, 1.807) is 4.90 Å². The number of carbonyl (C=O) groups is 1. The zero-order chi connectivity index (χ0) is 15.4. The number of ether oxygens (including phenoxy) is 2. The van der Waals surface area contributed by atoms with Gasteiger partial charge in [0.15, 0.2) is 0 Å². The summed E-state index contributed by atoms with van der Waals surface area (Å²) in [5, 5.41) is 0. The van der Waals surface area contributed by atoms with Crippen molar-refractivity contribution in [3.63, 3.8) is 0 Å². The second-order valence-electron chi connectivity index (χ2n) is 5.42. The van der Waals surface area contributed by atoms with Crippen LogP contribution in [0.1, 0.15) is 17.5 Å². The normalized spacial score (nSPS) is 18.7. The van der Waals surface area contributed by atoms with Gasteiger partial charge in [-0.2, -0.15) is 0 Å². The second kappa shape index (κ2) is 6.87. The number of pyridine rings is 1. The molecule has 0 aliphatic carbocycles. The molecule has 1 unspecified atom stereocenters. The number of rotatable bonds is 4. The first kappa shape index (κ1) is 15.7. The van der Waals surface area contributed by atoms with Gasteiger partial charge >= 0.3 is 0 Å². The summed E-state index contributed by atoms with van der Waals surface area (Å²) in [6.45, 7) is 3.72. The van der Waals surface area contributed by atoms with E-state index in [9.17, 15) is 4.79 Å². The van der Waals surface area contributed by atoms with E-state index < -0.39 is 0 Å². The van der Waals surface area contributed by atoms with Gasteiger partial charge in [-0.3, -0.25) is 9.78 Å². The molecule has 1 aliphatic rings. The van der Waals surface area contributed by atoms with Crippen LogP contribution in [0.2, 0.25) is 0 Å². The first-order valence-corrected chi connectivity index (χ1v) is 7.05. The van der Waals surface area contributed by atoms with E-state index in [0.717, 1.165) is 17.1 Å². The van der Waals surface area contributed by atoms with Gasteiger partial charge in [0.05, 0.1) is 18.8 Å². The summed E-state index contributed by atoms with van der Waals surface area (Å²) in [4.78, 5) is 20.3. The number of morpholine rings is 1. The SMILES string of the molecule is COCC(=O)N1CCOC(c2cc(N(C)C)cc(C)n2)C1. The molecule has 0 spiro atoms. The minimum absolute atomic E-state index is 0.00807. The Morgan fingerprint density at radius 1 is 1.52 bits per heavy atom. The molecule has 1 aliphatic heterocycles. The molecule has 1 saturated heterocycles. The molecule has 1 amide bonds. The molecule has 0 saturated carbocycles. The minimum atomic E-state index is -0.182. The Labute approximate surface area is 125 Å². The predicted octanol–water partition coefficient (Wildman–Crippen LogP) is 1.00. The molecule has 2 rings (SSSR count). The molecule has 0 radical (unpaired) electrons. The lowest BCUT2D eigenvalue weighted by atomic mass is 10.1. The van der Waals surface area contributed by atoms with Crippen LogP contribution in [0.3, 0.4) is 0 Å². The van der Waals surface area contributed by atoms with Crippen LogP contribution in [0.15, 0.2) is 12.1 Å². The van der Waals surface area contributed by atoms with E-state index in [1.165, 1.54) is 7.11 Å². The number of hydrogen-bond acceptors (Lipinski definition) is 5. The third kappa shape index (κ3) is 3.92. The average Bonchev–Trinajstić information content (AvgIpc) is 2.47. The Morgan fingerprint density at radius 2 is 2.29 bits per heavy atom. The first-order valence-electron chi connectivity index (χ1n) is 7.05. The summed E-state index contributed by atoms with van der Waals surface area (Å²) in [7, 11) is 5.52. The monoisotopic (exact) mass is 293 g/mol. The van der Waals surface area contributed by atoms with Gasteiger partial charge in [0.25, 0.3) is 0 Å². The lowest BCUT2D eigenvalue weighted by molar-refractivity contribution is -0.143. The molecule has 1 atom stereocenters. The van der Waals surface area contributed by atoms with Crippen LogP contribution < -0.4 is 4.90 Å². The van der Waals surface area contributed by atoms with E-state index in [4.69, 9.17) is 9.47 Å². The highest BCUT2D eigenvalue weighted by molar-refractivity contribution is 5.77. The fourth-order valence-electron chi connectivity index (χ4n) is 2.37. The van der Waals surface area contributed by atoms with E-state index in [1.807, 2.05) is 38.1 Å². The molecule has 116 valence electrons. The van der Waals surface area contributed by atoms with Crippen molar-refractivity contribution in [1.82, 2.24) is 9.88 Å². The molecule has 1 aromatic heterocycles. The van der Waals surface area contributed by atoms with Gasteiger partial charge in [0.2, 0.25) is 5.91 Å². The van der Waals surface area contributed by atoms with Gasteiger partial charge in [-0.15, -0.1) is 0 Å². The lowest BCUT2D eigenvalue weighted by Gasteiger charge is -2.33. The smallest absolute Gasteiger partial charge is 0.248 e. The van der Waals surface area contributed by atoms with Gasteiger partial charge in [-0.25, -0.2) is 0 Å². The van der Waals surface area contributed by atoms with Gasteiger partial charge in [-0.05, 0) is 19.1 Å². The zero-order valence-electron chi connectivity index (χ0n) is 13.1. The third-order valence-corrected chi connectivity index (χ3v) is 3.49. The molecule has 1 aromatic rings. The van der Waals surface area contributed by atoms with Crippen LogP contribution in [0, 0.1) is 6.92 Å². The van der Waals surface area contributed by atoms with Gasteiger partial charge in [0.1, 0.15) is 12.7 Å². The van der Waals surface area contributed by atoms with E-state index >= 15 is 0 Å². The average molecular weight is 293 g/mol. The van der Waals surface area contributed by atoms with Crippen LogP contribution in [-0.4, -0.2) is 63.3 Å². The predicted molar refractivity (Wildman–Crippen MR) is 80.5 cm³/mol.